The zero-order valence-corrected chi connectivity index (χ0v) is 67.8. The van der Waals surface area contributed by atoms with Gasteiger partial charge in [0.2, 0.25) is 17.7 Å². The molecule has 21 heteroatoms. The number of amides is 5. The van der Waals surface area contributed by atoms with Gasteiger partial charge in [0, 0.05) is 95.1 Å². The fourth-order valence-corrected chi connectivity index (χ4v) is 12.7. The molecule has 0 aromatic carbocycles. The number of Topliss-reactive ketones (excluding diaryl/α,β-unsaturated/α-hetero) is 2. The van der Waals surface area contributed by atoms with Crippen molar-refractivity contribution in [2.45, 2.75) is 343 Å². The summed E-state index contributed by atoms with van der Waals surface area (Å²) in [6, 6.07) is 0. The van der Waals surface area contributed by atoms with E-state index in [2.05, 4.69) is 72.8 Å². The normalized spacial score (nSPS) is 16.0. The first-order chi connectivity index (χ1) is 39.7. The van der Waals surface area contributed by atoms with Crippen LogP contribution in [0.1, 0.15) is 281 Å². The molecule has 1 saturated heterocycles. The third-order valence-electron chi connectivity index (χ3n) is 10.5. The Morgan fingerprint density at radius 2 is 0.923 bits per heavy atom. The molecule has 0 radical (unpaired) electrons. The average molecular weight is 1380 g/mol. The second-order valence-corrected chi connectivity index (χ2v) is 45.0. The number of hydrogen-bond acceptors (Lipinski definition) is 16. The Morgan fingerprint density at radius 3 is 1.18 bits per heavy atom. The second-order valence-electron chi connectivity index (χ2n) is 35.4. The molecule has 1 fully saturated rings. The van der Waals surface area contributed by atoms with Gasteiger partial charge in [-0.3, -0.25) is 53.0 Å². The molecular formula is C70H130N4O12S5. The van der Waals surface area contributed by atoms with Gasteiger partial charge in [-0.2, -0.15) is 0 Å². The lowest BCUT2D eigenvalue weighted by atomic mass is 9.88. The number of rotatable bonds is 16. The highest BCUT2D eigenvalue weighted by Gasteiger charge is 2.45. The Balaban J connectivity index is -0.000000504. The van der Waals surface area contributed by atoms with Gasteiger partial charge in [-0.25, -0.2) is 0 Å². The van der Waals surface area contributed by atoms with Gasteiger partial charge in [-0.1, -0.05) is 171 Å². The smallest absolute Gasteiger partial charge is 0.317 e. The van der Waals surface area contributed by atoms with Gasteiger partial charge < -0.3 is 20.4 Å². The van der Waals surface area contributed by atoms with Crippen LogP contribution in [0.25, 0.3) is 0 Å². The topological polar surface area (TPSA) is 234 Å². The van der Waals surface area contributed by atoms with Gasteiger partial charge in [-0.15, -0.1) is 58.8 Å². The van der Waals surface area contributed by atoms with E-state index < -0.39 is 33.5 Å². The van der Waals surface area contributed by atoms with Crippen molar-refractivity contribution in [1.29, 1.82) is 0 Å². The molecule has 0 saturated carbocycles. The van der Waals surface area contributed by atoms with E-state index in [4.69, 9.17) is 15.1 Å². The number of imide groups is 2. The van der Waals surface area contributed by atoms with E-state index in [9.17, 15) is 43.2 Å². The van der Waals surface area contributed by atoms with E-state index in [-0.39, 0.29) is 110 Å². The van der Waals surface area contributed by atoms with Crippen LogP contribution in [-0.2, 0) is 48.0 Å². The molecule has 3 atom stereocenters. The van der Waals surface area contributed by atoms with Crippen molar-refractivity contribution in [2.75, 3.05) is 11.5 Å². The predicted molar refractivity (Wildman–Crippen MR) is 393 cm³/mol. The molecule has 532 valence electrons. The van der Waals surface area contributed by atoms with E-state index in [1.807, 2.05) is 210 Å². The van der Waals surface area contributed by atoms with Crippen LogP contribution in [0.4, 0.5) is 0 Å². The summed E-state index contributed by atoms with van der Waals surface area (Å²) in [4.78, 5) is 111. The Labute approximate surface area is 575 Å². The minimum Gasteiger partial charge on any atom is -0.481 e. The maximum atomic E-state index is 12.1. The Hall–Kier alpha value is -3.01. The number of hydrogen-bond donors (Lipinski definition) is 3. The Kier molecular flexibility index (Phi) is 38.9. The third kappa shape index (κ3) is 53.9. The number of carboxylic acids is 2. The summed E-state index contributed by atoms with van der Waals surface area (Å²) in [6.45, 7) is 72.3. The molecule has 2 aliphatic heterocycles. The molecule has 0 aromatic rings. The number of carbonyl (C=O) groups excluding carboxylic acids is 7. The summed E-state index contributed by atoms with van der Waals surface area (Å²) >= 11 is 8.21. The van der Waals surface area contributed by atoms with Crippen molar-refractivity contribution in [3.8, 4) is 0 Å². The summed E-state index contributed by atoms with van der Waals surface area (Å²) < 4.78 is 0.275. The molecule has 2 rings (SSSR count). The first-order valence-electron chi connectivity index (χ1n) is 31.5. The van der Waals surface area contributed by atoms with Crippen LogP contribution in [-0.4, -0.2) is 152 Å². The van der Waals surface area contributed by atoms with E-state index >= 15 is 0 Å². The molecule has 0 spiro atoms. The summed E-state index contributed by atoms with van der Waals surface area (Å²) in [5.74, 6) is -0.278. The molecule has 16 nitrogen and oxygen atoms in total. The SMILES string of the molecule is CC(C)(C)CC(=O)C(CC(=O)O)SC(C)(C)C.CC(C)(C)CC(=O)CC(SC(C)(C)C)C(=O)O.CC(C)(C)N1C(=O)C=CC1=O.CC(C)(C)NC(=O)C(C)(C)C.CC(C)(C)ON=C(CSC(C)(C)C)CSC(C)(C)C.CC(C)(C)SC1CC(=O)N(C(C)(C)C)C1=O. The van der Waals surface area contributed by atoms with Crippen molar-refractivity contribution in [2.24, 2.45) is 21.4 Å². The fourth-order valence-electron chi connectivity index (χ4n) is 7.23. The molecule has 91 heavy (non-hydrogen) atoms. The number of nitrogens with zero attached hydrogens (tertiary/aromatic N) is 3. The highest BCUT2D eigenvalue weighted by molar-refractivity contribution is 8.03. The van der Waals surface area contributed by atoms with E-state index in [1.165, 1.54) is 45.5 Å². The largest absolute Gasteiger partial charge is 0.481 e. The summed E-state index contributed by atoms with van der Waals surface area (Å²) in [5, 5.41) is 24.0. The number of oxime groups is 1. The van der Waals surface area contributed by atoms with Crippen molar-refractivity contribution < 1.29 is 58.2 Å². The van der Waals surface area contributed by atoms with Gasteiger partial charge in [-0.05, 0) is 93.9 Å². The van der Waals surface area contributed by atoms with Crippen molar-refractivity contribution >= 4 is 118 Å². The summed E-state index contributed by atoms with van der Waals surface area (Å²) in [7, 11) is 0. The maximum absolute atomic E-state index is 12.1. The molecular weight excluding hydrogens is 1250 g/mol. The van der Waals surface area contributed by atoms with Gasteiger partial charge in [0.05, 0.1) is 22.6 Å². The predicted octanol–water partition coefficient (Wildman–Crippen LogP) is 17.1. The standard InChI is InChI=1S/C15H31NOS2.2C13H24O3S.C12H21NO2S.C9H19NO.C8H11NO2/c1-13(2,3)17-16-12(10-18-14(4,5)6)11-19-15(7,8)9;1-12(2,3)8-9(14)10(7-11(15)16)17-13(4,5)6;1-12(2,3)8-9(14)7-10(11(15)16)17-13(4,5)6;1-11(2,3)13-9(14)7-8(10(13)15)16-12(4,5)6;1-8(2,3)7(11)10-9(4,5)6;1-8(2,3)9-6(10)4-5-7(9)11/h10-11H2,1-9H3;2*10H,7-8H2,1-6H3,(H,15,16);8H,7H2,1-6H3;1-6H3,(H,10,11);4-5H,1-3H3. The van der Waals surface area contributed by atoms with Crippen LogP contribution in [0.15, 0.2) is 17.3 Å². The summed E-state index contributed by atoms with van der Waals surface area (Å²) in [5.41, 5.74) is -0.464. The zero-order chi connectivity index (χ0) is 73.7. The molecule has 3 N–H and O–H groups in total. The van der Waals surface area contributed by atoms with Crippen LogP contribution in [0, 0.1) is 16.2 Å². The highest BCUT2D eigenvalue weighted by Crippen LogP contribution is 2.38. The Bertz CT molecular complexity index is 2390. The van der Waals surface area contributed by atoms with Crippen molar-refractivity contribution in [3.05, 3.63) is 12.2 Å². The minimum atomic E-state index is -0.908. The molecule has 0 bridgehead atoms. The minimum absolute atomic E-state index is 0.00843. The van der Waals surface area contributed by atoms with Gasteiger partial charge >= 0.3 is 11.9 Å². The van der Waals surface area contributed by atoms with Crippen molar-refractivity contribution in [3.63, 3.8) is 0 Å². The zero-order valence-electron chi connectivity index (χ0n) is 63.7. The number of likely N-dealkylation sites (tertiary alicyclic amines) is 1. The number of ketones is 2. The van der Waals surface area contributed by atoms with E-state index in [1.54, 1.807) is 11.8 Å². The highest BCUT2D eigenvalue weighted by atomic mass is 32.2. The fraction of sp³-hybridized carbons (Fsp3) is 0.829. The monoisotopic (exact) mass is 1380 g/mol. The second kappa shape index (κ2) is 37.5. The summed E-state index contributed by atoms with van der Waals surface area (Å²) in [6.07, 6.45) is 3.83. The van der Waals surface area contributed by atoms with Crippen LogP contribution in [0.5, 0.6) is 0 Å². The number of carboxylic acid groups (broad SMARTS) is 2. The quantitative estimate of drug-likeness (QED) is 0.0740. The van der Waals surface area contributed by atoms with Crippen LogP contribution in [0.2, 0.25) is 0 Å². The van der Waals surface area contributed by atoms with Crippen molar-refractivity contribution in [1.82, 2.24) is 15.1 Å². The maximum Gasteiger partial charge on any atom is 0.317 e. The van der Waals surface area contributed by atoms with Crippen LogP contribution < -0.4 is 5.32 Å². The lowest BCUT2D eigenvalue weighted by Gasteiger charge is -2.30. The molecule has 2 aliphatic rings. The van der Waals surface area contributed by atoms with Gasteiger partial charge in [0.15, 0.2) is 0 Å². The number of thioether (sulfide) groups is 5. The Morgan fingerprint density at radius 1 is 0.538 bits per heavy atom. The van der Waals surface area contributed by atoms with Crippen LogP contribution >= 0.6 is 58.8 Å². The van der Waals surface area contributed by atoms with E-state index in [0.29, 0.717) is 19.3 Å². The molecule has 0 aromatic heterocycles. The molecule has 2 heterocycles. The third-order valence-corrected chi connectivity index (χ3v) is 17.4. The first kappa shape index (κ1) is 94.4. The lowest BCUT2D eigenvalue weighted by molar-refractivity contribution is -0.144. The number of aliphatic carboxylic acids is 2. The van der Waals surface area contributed by atoms with E-state index in [0.717, 1.165) is 17.2 Å². The number of nitrogens with one attached hydrogen (secondary N) is 1. The lowest BCUT2D eigenvalue weighted by Crippen LogP contribution is -2.46. The number of carbonyl (C=O) groups is 9. The molecule has 0 aliphatic carbocycles. The average Bonchev–Trinajstić information content (AvgIpc) is 3.99. The first-order valence-corrected chi connectivity index (χ1v) is 36.1. The molecule has 3 unspecified atom stereocenters. The van der Waals surface area contributed by atoms with Gasteiger partial charge in [0.25, 0.3) is 11.8 Å². The van der Waals surface area contributed by atoms with Gasteiger partial charge in [0.1, 0.15) is 22.4 Å². The van der Waals surface area contributed by atoms with Crippen LogP contribution in [0.3, 0.4) is 0 Å². The molecule has 5 amide bonds.